The van der Waals surface area contributed by atoms with Gasteiger partial charge in [-0.25, -0.2) is 4.39 Å². The number of carboxylic acids is 1. The molecule has 4 heteroatoms. The Morgan fingerprint density at radius 3 is 2.43 bits per heavy atom. The van der Waals surface area contributed by atoms with E-state index in [0.29, 0.717) is 6.54 Å². The lowest BCUT2D eigenvalue weighted by molar-refractivity contribution is -0.136. The first-order valence-electron chi connectivity index (χ1n) is 6.88. The maximum atomic E-state index is 13.0. The molecule has 0 saturated heterocycles. The van der Waals surface area contributed by atoms with Gasteiger partial charge in [-0.15, -0.1) is 0 Å². The third-order valence-electron chi connectivity index (χ3n) is 3.19. The summed E-state index contributed by atoms with van der Waals surface area (Å²) in [5, 5.41) is 12.0. The highest BCUT2D eigenvalue weighted by molar-refractivity contribution is 5.70. The minimum atomic E-state index is -0.823. The van der Waals surface area contributed by atoms with Crippen LogP contribution in [-0.2, 0) is 24.2 Å². The second-order valence-electron chi connectivity index (χ2n) is 4.94. The second kappa shape index (κ2) is 7.55. The summed E-state index contributed by atoms with van der Waals surface area (Å²) < 4.78 is 13.0. The first-order valence-corrected chi connectivity index (χ1v) is 6.88. The molecular formula is C17H18FNO2. The van der Waals surface area contributed by atoms with E-state index in [1.165, 1.54) is 6.07 Å². The van der Waals surface area contributed by atoms with Crippen molar-refractivity contribution in [2.24, 2.45) is 0 Å². The molecule has 0 spiro atoms. The summed E-state index contributed by atoms with van der Waals surface area (Å²) in [5.41, 5.74) is 2.87. The van der Waals surface area contributed by atoms with Crippen LogP contribution in [0.1, 0.15) is 16.7 Å². The van der Waals surface area contributed by atoms with Gasteiger partial charge >= 0.3 is 5.97 Å². The van der Waals surface area contributed by atoms with Crippen LogP contribution in [0.2, 0.25) is 0 Å². The number of rotatable bonds is 7. The first kappa shape index (κ1) is 15.2. The maximum absolute atomic E-state index is 13.0. The molecule has 2 aromatic rings. The van der Waals surface area contributed by atoms with E-state index in [-0.39, 0.29) is 12.2 Å². The largest absolute Gasteiger partial charge is 0.481 e. The summed E-state index contributed by atoms with van der Waals surface area (Å²) in [4.78, 5) is 10.6. The fourth-order valence-electron chi connectivity index (χ4n) is 2.11. The van der Waals surface area contributed by atoms with Crippen LogP contribution in [-0.4, -0.2) is 17.6 Å². The lowest BCUT2D eigenvalue weighted by atomic mass is 10.1. The summed E-state index contributed by atoms with van der Waals surface area (Å²) in [6, 6.07) is 14.1. The summed E-state index contributed by atoms with van der Waals surface area (Å²) >= 11 is 0. The third-order valence-corrected chi connectivity index (χ3v) is 3.19. The molecule has 0 fully saturated rings. The van der Waals surface area contributed by atoms with Crippen molar-refractivity contribution < 1.29 is 14.3 Å². The second-order valence-corrected chi connectivity index (χ2v) is 4.94. The van der Waals surface area contributed by atoms with Crippen molar-refractivity contribution in [3.63, 3.8) is 0 Å². The van der Waals surface area contributed by atoms with Gasteiger partial charge in [-0.05, 0) is 41.8 Å². The molecule has 110 valence electrons. The molecule has 3 nitrogen and oxygen atoms in total. The Balaban J connectivity index is 1.74. The molecule has 0 heterocycles. The number of benzene rings is 2. The average Bonchev–Trinajstić information content (AvgIpc) is 2.45. The van der Waals surface area contributed by atoms with Gasteiger partial charge < -0.3 is 10.4 Å². The summed E-state index contributed by atoms with van der Waals surface area (Å²) in [7, 11) is 0. The van der Waals surface area contributed by atoms with Crippen molar-refractivity contribution in [1.29, 1.82) is 0 Å². The van der Waals surface area contributed by atoms with Crippen LogP contribution in [0, 0.1) is 5.82 Å². The zero-order valence-corrected chi connectivity index (χ0v) is 11.7. The van der Waals surface area contributed by atoms with Crippen molar-refractivity contribution in [1.82, 2.24) is 5.32 Å². The van der Waals surface area contributed by atoms with Gasteiger partial charge in [0.15, 0.2) is 0 Å². The molecule has 0 saturated carbocycles. The van der Waals surface area contributed by atoms with E-state index >= 15 is 0 Å². The summed E-state index contributed by atoms with van der Waals surface area (Å²) in [5.74, 6) is -1.03. The van der Waals surface area contributed by atoms with Crippen LogP contribution >= 0.6 is 0 Å². The molecule has 0 amide bonds. The molecule has 21 heavy (non-hydrogen) atoms. The third kappa shape index (κ3) is 5.36. The van der Waals surface area contributed by atoms with Crippen LogP contribution < -0.4 is 5.32 Å². The Labute approximate surface area is 123 Å². The van der Waals surface area contributed by atoms with E-state index in [9.17, 15) is 9.18 Å². The number of aliphatic carboxylic acids is 1. The number of hydrogen-bond donors (Lipinski definition) is 2. The molecule has 0 aliphatic heterocycles. The fraction of sp³-hybridized carbons (Fsp3) is 0.235. The van der Waals surface area contributed by atoms with Gasteiger partial charge in [0.05, 0.1) is 6.42 Å². The number of halogens is 1. The van der Waals surface area contributed by atoms with Gasteiger partial charge in [0.2, 0.25) is 0 Å². The van der Waals surface area contributed by atoms with Crippen LogP contribution in [0.3, 0.4) is 0 Å². The zero-order chi connectivity index (χ0) is 15.1. The highest BCUT2D eigenvalue weighted by Crippen LogP contribution is 2.06. The topological polar surface area (TPSA) is 49.3 Å². The monoisotopic (exact) mass is 287 g/mol. The van der Waals surface area contributed by atoms with Gasteiger partial charge in [-0.1, -0.05) is 36.4 Å². The molecule has 0 atom stereocenters. The van der Waals surface area contributed by atoms with Crippen LogP contribution in [0.25, 0.3) is 0 Å². The Hall–Kier alpha value is -2.20. The predicted octanol–water partition coefficient (Wildman–Crippen LogP) is 2.79. The van der Waals surface area contributed by atoms with Crippen LogP contribution in [0.15, 0.2) is 48.5 Å². The molecule has 0 aliphatic rings. The minimum Gasteiger partial charge on any atom is -0.481 e. The molecule has 2 aromatic carbocycles. The fourth-order valence-corrected chi connectivity index (χ4v) is 2.11. The van der Waals surface area contributed by atoms with E-state index in [4.69, 9.17) is 5.11 Å². The molecule has 0 unspecified atom stereocenters. The lowest BCUT2D eigenvalue weighted by Crippen LogP contribution is -2.16. The van der Waals surface area contributed by atoms with Crippen molar-refractivity contribution in [3.8, 4) is 0 Å². The maximum Gasteiger partial charge on any atom is 0.307 e. The summed E-state index contributed by atoms with van der Waals surface area (Å²) in [6.07, 6.45) is 0.822. The zero-order valence-electron chi connectivity index (χ0n) is 11.7. The number of nitrogens with one attached hydrogen (secondary N) is 1. The lowest BCUT2D eigenvalue weighted by Gasteiger charge is -2.06. The van der Waals surface area contributed by atoms with Crippen molar-refractivity contribution in [2.45, 2.75) is 19.4 Å². The predicted molar refractivity (Wildman–Crippen MR) is 79.6 cm³/mol. The van der Waals surface area contributed by atoms with Gasteiger partial charge in [-0.3, -0.25) is 4.79 Å². The molecule has 2 N–H and O–H groups in total. The standard InChI is InChI=1S/C17H18FNO2/c18-16-3-1-2-13(10-16)8-9-19-12-15-6-4-14(5-7-15)11-17(20)21/h1-7,10,19H,8-9,11-12H2,(H,20,21). The Bertz CT molecular complexity index is 596. The molecule has 0 radical (unpaired) electrons. The van der Waals surface area contributed by atoms with Crippen LogP contribution in [0.4, 0.5) is 4.39 Å². The van der Waals surface area contributed by atoms with Crippen molar-refractivity contribution >= 4 is 5.97 Å². The van der Waals surface area contributed by atoms with E-state index < -0.39 is 5.97 Å². The highest BCUT2D eigenvalue weighted by Gasteiger charge is 2.00. The van der Waals surface area contributed by atoms with Gasteiger partial charge in [0.1, 0.15) is 5.82 Å². The van der Waals surface area contributed by atoms with Crippen molar-refractivity contribution in [2.75, 3.05) is 6.54 Å². The SMILES string of the molecule is O=C(O)Cc1ccc(CNCCc2cccc(F)c2)cc1. The minimum absolute atomic E-state index is 0.0489. The van der Waals surface area contributed by atoms with E-state index in [1.807, 2.05) is 30.3 Å². The Morgan fingerprint density at radius 1 is 1.05 bits per heavy atom. The molecule has 0 bridgehead atoms. The molecule has 2 rings (SSSR count). The van der Waals surface area contributed by atoms with Gasteiger partial charge in [0.25, 0.3) is 0 Å². The van der Waals surface area contributed by atoms with E-state index in [2.05, 4.69) is 5.32 Å². The van der Waals surface area contributed by atoms with Gasteiger partial charge in [0, 0.05) is 6.54 Å². The van der Waals surface area contributed by atoms with E-state index in [0.717, 1.165) is 29.7 Å². The number of carbonyl (C=O) groups is 1. The van der Waals surface area contributed by atoms with Crippen molar-refractivity contribution in [3.05, 3.63) is 71.0 Å². The molecular weight excluding hydrogens is 269 g/mol. The molecule has 0 aromatic heterocycles. The normalized spacial score (nSPS) is 10.5. The highest BCUT2D eigenvalue weighted by atomic mass is 19.1. The smallest absolute Gasteiger partial charge is 0.307 e. The number of carboxylic acid groups (broad SMARTS) is 1. The quantitative estimate of drug-likeness (QED) is 0.770. The molecule has 0 aliphatic carbocycles. The first-order chi connectivity index (χ1) is 10.1. The number of hydrogen-bond acceptors (Lipinski definition) is 2. The summed E-state index contributed by atoms with van der Waals surface area (Å²) in [6.45, 7) is 1.48. The Kier molecular flexibility index (Phi) is 5.46. The van der Waals surface area contributed by atoms with Gasteiger partial charge in [-0.2, -0.15) is 0 Å². The Morgan fingerprint density at radius 2 is 1.76 bits per heavy atom. The van der Waals surface area contributed by atoms with E-state index in [1.54, 1.807) is 12.1 Å². The average molecular weight is 287 g/mol. The van der Waals surface area contributed by atoms with Crippen LogP contribution in [0.5, 0.6) is 0 Å².